The molecule has 4 nitrogen and oxygen atoms in total. The third-order valence-corrected chi connectivity index (χ3v) is 3.90. The first-order valence-electron chi connectivity index (χ1n) is 9.07. The van der Waals surface area contributed by atoms with Gasteiger partial charge in [0.2, 0.25) is 0 Å². The van der Waals surface area contributed by atoms with Crippen molar-refractivity contribution < 1.29 is 9.53 Å². The van der Waals surface area contributed by atoms with Crippen LogP contribution in [0.25, 0.3) is 0 Å². The van der Waals surface area contributed by atoms with E-state index in [9.17, 15) is 4.79 Å². The Labute approximate surface area is 160 Å². The molecule has 0 aliphatic rings. The predicted octanol–water partition coefficient (Wildman–Crippen LogP) is 5.72. The van der Waals surface area contributed by atoms with E-state index in [-0.39, 0.29) is 5.91 Å². The Kier molecular flexibility index (Phi) is 6.10. The van der Waals surface area contributed by atoms with Crippen LogP contribution in [0.1, 0.15) is 24.2 Å². The first kappa shape index (κ1) is 18.5. The number of carbonyl (C=O) groups excluding carboxylic acids is 1. The third kappa shape index (κ3) is 5.35. The second-order valence-corrected chi connectivity index (χ2v) is 6.72. The Bertz CT molecular complexity index is 892. The minimum Gasteiger partial charge on any atom is -0.493 e. The number of rotatable bonds is 7. The highest BCUT2D eigenvalue weighted by molar-refractivity contribution is 6.08. The molecule has 4 heteroatoms. The van der Waals surface area contributed by atoms with Crippen LogP contribution in [-0.4, -0.2) is 12.5 Å². The maximum atomic E-state index is 12.8. The number of para-hydroxylation sites is 2. The summed E-state index contributed by atoms with van der Waals surface area (Å²) in [6, 6.07) is 24.7. The molecule has 0 saturated heterocycles. The summed E-state index contributed by atoms with van der Waals surface area (Å²) in [7, 11) is 0. The molecule has 1 amide bonds. The lowest BCUT2D eigenvalue weighted by Crippen LogP contribution is -2.14. The van der Waals surface area contributed by atoms with Crippen LogP contribution < -0.4 is 15.4 Å². The highest BCUT2D eigenvalue weighted by Crippen LogP contribution is 2.23. The second kappa shape index (κ2) is 8.90. The predicted molar refractivity (Wildman–Crippen MR) is 111 cm³/mol. The molecular weight excluding hydrogens is 336 g/mol. The lowest BCUT2D eigenvalue weighted by atomic mass is 10.1. The molecular formula is C23H24N2O2. The molecule has 0 heterocycles. The van der Waals surface area contributed by atoms with Crippen LogP contribution in [0.5, 0.6) is 5.75 Å². The van der Waals surface area contributed by atoms with Gasteiger partial charge in [-0.1, -0.05) is 50.2 Å². The molecule has 0 bridgehead atoms. The number of hydrogen-bond acceptors (Lipinski definition) is 3. The standard InChI is InChI=1S/C23H24N2O2/c1-17(2)16-27-20-12-8-11-19(15-20)25-23(26)21-13-6-7-14-22(21)24-18-9-4-3-5-10-18/h3-15,17,24H,16H2,1-2H3,(H,25,26). The van der Waals surface area contributed by atoms with Crippen LogP contribution in [0, 0.1) is 5.92 Å². The van der Waals surface area contributed by atoms with Gasteiger partial charge in [-0.15, -0.1) is 0 Å². The molecule has 0 fully saturated rings. The number of carbonyl (C=O) groups is 1. The number of hydrogen-bond donors (Lipinski definition) is 2. The van der Waals surface area contributed by atoms with E-state index in [4.69, 9.17) is 4.74 Å². The van der Waals surface area contributed by atoms with Gasteiger partial charge in [-0.2, -0.15) is 0 Å². The Hall–Kier alpha value is -3.27. The van der Waals surface area contributed by atoms with Crippen molar-refractivity contribution in [3.63, 3.8) is 0 Å². The van der Waals surface area contributed by atoms with Crippen LogP contribution >= 0.6 is 0 Å². The van der Waals surface area contributed by atoms with Gasteiger partial charge in [0.25, 0.3) is 5.91 Å². The molecule has 0 aliphatic heterocycles. The summed E-state index contributed by atoms with van der Waals surface area (Å²) in [5, 5.41) is 6.25. The topological polar surface area (TPSA) is 50.4 Å². The minimum absolute atomic E-state index is 0.171. The maximum absolute atomic E-state index is 12.8. The van der Waals surface area contributed by atoms with Gasteiger partial charge in [0, 0.05) is 17.4 Å². The normalized spacial score (nSPS) is 10.5. The van der Waals surface area contributed by atoms with Crippen LogP contribution in [0.2, 0.25) is 0 Å². The summed E-state index contributed by atoms with van der Waals surface area (Å²) in [6.45, 7) is 4.84. The number of anilines is 3. The lowest BCUT2D eigenvalue weighted by Gasteiger charge is -2.13. The Morgan fingerprint density at radius 1 is 0.889 bits per heavy atom. The molecule has 0 radical (unpaired) electrons. The fourth-order valence-electron chi connectivity index (χ4n) is 2.59. The summed E-state index contributed by atoms with van der Waals surface area (Å²) < 4.78 is 5.73. The molecule has 0 atom stereocenters. The molecule has 0 spiro atoms. The molecule has 0 aliphatic carbocycles. The van der Waals surface area contributed by atoms with Gasteiger partial charge in [0.15, 0.2) is 0 Å². The van der Waals surface area contributed by atoms with Crippen molar-refractivity contribution >= 4 is 23.0 Å². The van der Waals surface area contributed by atoms with Crippen molar-refractivity contribution in [3.05, 3.63) is 84.4 Å². The van der Waals surface area contributed by atoms with E-state index in [0.717, 1.165) is 17.1 Å². The van der Waals surface area contributed by atoms with E-state index in [1.807, 2.05) is 72.8 Å². The van der Waals surface area contributed by atoms with E-state index in [1.54, 1.807) is 6.07 Å². The molecule has 3 rings (SSSR count). The van der Waals surface area contributed by atoms with Crippen molar-refractivity contribution in [3.8, 4) is 5.75 Å². The monoisotopic (exact) mass is 360 g/mol. The molecule has 27 heavy (non-hydrogen) atoms. The van der Waals surface area contributed by atoms with Crippen LogP contribution in [0.15, 0.2) is 78.9 Å². The third-order valence-electron chi connectivity index (χ3n) is 3.90. The minimum atomic E-state index is -0.171. The molecule has 3 aromatic carbocycles. The summed E-state index contributed by atoms with van der Waals surface area (Å²) >= 11 is 0. The summed E-state index contributed by atoms with van der Waals surface area (Å²) in [5.74, 6) is 1.02. The van der Waals surface area contributed by atoms with Crippen LogP contribution in [0.3, 0.4) is 0 Å². The fraction of sp³-hybridized carbons (Fsp3) is 0.174. The molecule has 0 unspecified atom stereocenters. The van der Waals surface area contributed by atoms with Gasteiger partial charge in [0.05, 0.1) is 17.9 Å². The Morgan fingerprint density at radius 2 is 1.59 bits per heavy atom. The molecule has 0 aromatic heterocycles. The number of ether oxygens (including phenoxy) is 1. The van der Waals surface area contributed by atoms with E-state index in [0.29, 0.717) is 23.8 Å². The largest absolute Gasteiger partial charge is 0.493 e. The highest BCUT2D eigenvalue weighted by Gasteiger charge is 2.12. The smallest absolute Gasteiger partial charge is 0.257 e. The van der Waals surface area contributed by atoms with Gasteiger partial charge >= 0.3 is 0 Å². The zero-order valence-electron chi connectivity index (χ0n) is 15.6. The molecule has 138 valence electrons. The number of benzene rings is 3. The second-order valence-electron chi connectivity index (χ2n) is 6.72. The maximum Gasteiger partial charge on any atom is 0.257 e. The van der Waals surface area contributed by atoms with Gasteiger partial charge in [-0.25, -0.2) is 0 Å². The first-order valence-corrected chi connectivity index (χ1v) is 9.07. The Balaban J connectivity index is 1.74. The number of nitrogens with one attached hydrogen (secondary N) is 2. The van der Waals surface area contributed by atoms with Gasteiger partial charge in [-0.3, -0.25) is 4.79 Å². The van der Waals surface area contributed by atoms with Crippen molar-refractivity contribution in [2.75, 3.05) is 17.2 Å². The van der Waals surface area contributed by atoms with E-state index in [1.165, 1.54) is 0 Å². The van der Waals surface area contributed by atoms with Gasteiger partial charge in [-0.05, 0) is 42.3 Å². The summed E-state index contributed by atoms with van der Waals surface area (Å²) in [5.41, 5.74) is 2.97. The number of amides is 1. The van der Waals surface area contributed by atoms with E-state index < -0.39 is 0 Å². The average molecular weight is 360 g/mol. The van der Waals surface area contributed by atoms with E-state index >= 15 is 0 Å². The van der Waals surface area contributed by atoms with Crippen molar-refractivity contribution in [1.82, 2.24) is 0 Å². The van der Waals surface area contributed by atoms with E-state index in [2.05, 4.69) is 24.5 Å². The zero-order chi connectivity index (χ0) is 19.1. The zero-order valence-corrected chi connectivity index (χ0v) is 15.6. The first-order chi connectivity index (χ1) is 13.1. The van der Waals surface area contributed by atoms with Crippen molar-refractivity contribution in [2.24, 2.45) is 5.92 Å². The fourth-order valence-corrected chi connectivity index (χ4v) is 2.59. The summed E-state index contributed by atoms with van der Waals surface area (Å²) in [4.78, 5) is 12.8. The summed E-state index contributed by atoms with van der Waals surface area (Å²) in [6.07, 6.45) is 0. The molecule has 2 N–H and O–H groups in total. The van der Waals surface area contributed by atoms with Crippen molar-refractivity contribution in [1.29, 1.82) is 0 Å². The average Bonchev–Trinajstić information content (AvgIpc) is 2.68. The Morgan fingerprint density at radius 3 is 2.37 bits per heavy atom. The van der Waals surface area contributed by atoms with Crippen molar-refractivity contribution in [2.45, 2.75) is 13.8 Å². The van der Waals surface area contributed by atoms with Crippen LogP contribution in [-0.2, 0) is 0 Å². The quantitative estimate of drug-likeness (QED) is 0.567. The SMILES string of the molecule is CC(C)COc1cccc(NC(=O)c2ccccc2Nc2ccccc2)c1. The molecule has 3 aromatic rings. The molecule has 0 saturated carbocycles. The highest BCUT2D eigenvalue weighted by atomic mass is 16.5. The van der Waals surface area contributed by atoms with Gasteiger partial charge < -0.3 is 15.4 Å². The lowest BCUT2D eigenvalue weighted by molar-refractivity contribution is 0.102. The van der Waals surface area contributed by atoms with Gasteiger partial charge in [0.1, 0.15) is 5.75 Å². The van der Waals surface area contributed by atoms with Crippen LogP contribution in [0.4, 0.5) is 17.1 Å².